The maximum Gasteiger partial charge on any atom is 0.276 e. The van der Waals surface area contributed by atoms with E-state index in [1.165, 1.54) is 0 Å². The predicted molar refractivity (Wildman–Crippen MR) is 60.5 cm³/mol. The second-order valence-corrected chi connectivity index (χ2v) is 5.73. The molecule has 5 nitrogen and oxygen atoms in total. The molecule has 1 rings (SSSR count). The van der Waals surface area contributed by atoms with E-state index in [-0.39, 0.29) is 6.04 Å². The van der Waals surface area contributed by atoms with Crippen LogP contribution < -0.4 is 15.2 Å². The Morgan fingerprint density at radius 3 is 2.67 bits per heavy atom. The smallest absolute Gasteiger partial charge is 0.276 e. The fraction of sp³-hybridized carbons (Fsp3) is 1.00. The summed E-state index contributed by atoms with van der Waals surface area (Å²) >= 11 is 0. The zero-order chi connectivity index (χ0) is 11.3. The van der Waals surface area contributed by atoms with Gasteiger partial charge in [0, 0.05) is 19.1 Å². The molecule has 0 aromatic carbocycles. The lowest BCUT2D eigenvalue weighted by atomic mass is 9.86. The van der Waals surface area contributed by atoms with Crippen molar-refractivity contribution < 1.29 is 8.42 Å². The lowest BCUT2D eigenvalue weighted by Gasteiger charge is -2.26. The molecule has 1 fully saturated rings. The van der Waals surface area contributed by atoms with E-state index in [0.717, 1.165) is 25.7 Å². The van der Waals surface area contributed by atoms with Gasteiger partial charge in [-0.3, -0.25) is 0 Å². The third-order valence-electron chi connectivity index (χ3n) is 2.72. The highest BCUT2D eigenvalue weighted by Crippen LogP contribution is 2.22. The summed E-state index contributed by atoms with van der Waals surface area (Å²) in [6.45, 7) is 2.68. The zero-order valence-electron chi connectivity index (χ0n) is 9.20. The van der Waals surface area contributed by atoms with Crippen LogP contribution in [0.4, 0.5) is 0 Å². The van der Waals surface area contributed by atoms with Gasteiger partial charge < -0.3 is 5.73 Å². The molecule has 15 heavy (non-hydrogen) atoms. The second kappa shape index (κ2) is 5.79. The van der Waals surface area contributed by atoms with E-state index in [4.69, 9.17) is 5.73 Å². The monoisotopic (exact) mass is 235 g/mol. The third-order valence-corrected chi connectivity index (χ3v) is 3.94. The standard InChI is InChI=1S/C9H21N3O2S/c1-2-11-15(13,14)12-7-8-4-3-5-9(10)6-8/h8-9,11-12H,2-7,10H2,1H3. The van der Waals surface area contributed by atoms with Gasteiger partial charge in [0.2, 0.25) is 0 Å². The zero-order valence-corrected chi connectivity index (χ0v) is 10.0. The fourth-order valence-electron chi connectivity index (χ4n) is 1.99. The molecule has 0 aromatic rings. The summed E-state index contributed by atoms with van der Waals surface area (Å²) in [6, 6.07) is 0.243. The second-order valence-electron chi connectivity index (χ2n) is 4.14. The molecule has 0 spiro atoms. The van der Waals surface area contributed by atoms with Crippen LogP contribution in [-0.2, 0) is 10.2 Å². The summed E-state index contributed by atoms with van der Waals surface area (Å²) in [5, 5.41) is 0. The average Bonchev–Trinajstić information content (AvgIpc) is 2.15. The van der Waals surface area contributed by atoms with Crippen LogP contribution in [0.3, 0.4) is 0 Å². The average molecular weight is 235 g/mol. The van der Waals surface area contributed by atoms with Gasteiger partial charge >= 0.3 is 0 Å². The van der Waals surface area contributed by atoms with Crippen molar-refractivity contribution in [3.05, 3.63) is 0 Å². The van der Waals surface area contributed by atoms with Gasteiger partial charge in [-0.25, -0.2) is 9.44 Å². The first kappa shape index (κ1) is 12.9. The summed E-state index contributed by atoms with van der Waals surface area (Å²) in [4.78, 5) is 0. The summed E-state index contributed by atoms with van der Waals surface area (Å²) in [5.41, 5.74) is 5.83. The van der Waals surface area contributed by atoms with Crippen molar-refractivity contribution in [2.45, 2.75) is 38.6 Å². The van der Waals surface area contributed by atoms with Crippen molar-refractivity contribution in [1.29, 1.82) is 0 Å². The molecular formula is C9H21N3O2S. The van der Waals surface area contributed by atoms with Gasteiger partial charge in [-0.05, 0) is 25.2 Å². The Morgan fingerprint density at radius 1 is 1.33 bits per heavy atom. The first-order valence-corrected chi connectivity index (χ1v) is 7.01. The number of nitrogens with two attached hydrogens (primary N) is 1. The SMILES string of the molecule is CCNS(=O)(=O)NCC1CCCC(N)C1. The minimum atomic E-state index is -3.29. The van der Waals surface area contributed by atoms with Crippen molar-refractivity contribution in [3.8, 4) is 0 Å². The van der Waals surface area contributed by atoms with Crippen LogP contribution in [0.15, 0.2) is 0 Å². The highest BCUT2D eigenvalue weighted by molar-refractivity contribution is 7.87. The van der Waals surface area contributed by atoms with Crippen LogP contribution in [0.25, 0.3) is 0 Å². The highest BCUT2D eigenvalue weighted by atomic mass is 32.2. The Balaban J connectivity index is 2.30. The van der Waals surface area contributed by atoms with E-state index in [1.807, 2.05) is 0 Å². The maximum atomic E-state index is 11.3. The fourth-order valence-corrected chi connectivity index (χ4v) is 2.92. The van der Waals surface area contributed by atoms with Gasteiger partial charge in [0.15, 0.2) is 0 Å². The molecule has 90 valence electrons. The lowest BCUT2D eigenvalue weighted by molar-refractivity contribution is 0.322. The molecule has 0 radical (unpaired) electrons. The summed E-state index contributed by atoms with van der Waals surface area (Å²) < 4.78 is 27.6. The maximum absolute atomic E-state index is 11.3. The molecule has 2 unspecified atom stereocenters. The number of hydrogen-bond acceptors (Lipinski definition) is 3. The molecule has 1 aliphatic carbocycles. The van der Waals surface area contributed by atoms with E-state index < -0.39 is 10.2 Å². The predicted octanol–water partition coefficient (Wildman–Crippen LogP) is -0.0522. The normalized spacial score (nSPS) is 27.9. The van der Waals surface area contributed by atoms with Crippen LogP contribution >= 0.6 is 0 Å². The summed E-state index contributed by atoms with van der Waals surface area (Å²) in [5.74, 6) is 0.391. The van der Waals surface area contributed by atoms with Crippen LogP contribution in [0.2, 0.25) is 0 Å². The van der Waals surface area contributed by atoms with Crippen LogP contribution in [0, 0.1) is 5.92 Å². The van der Waals surface area contributed by atoms with Crippen molar-refractivity contribution in [1.82, 2.24) is 9.44 Å². The molecule has 4 N–H and O–H groups in total. The topological polar surface area (TPSA) is 84.2 Å². The van der Waals surface area contributed by atoms with E-state index in [1.54, 1.807) is 6.92 Å². The third kappa shape index (κ3) is 4.92. The molecule has 1 saturated carbocycles. The van der Waals surface area contributed by atoms with Crippen molar-refractivity contribution >= 4 is 10.2 Å². The molecule has 0 bridgehead atoms. The van der Waals surface area contributed by atoms with E-state index in [0.29, 0.717) is 19.0 Å². The summed E-state index contributed by atoms with van der Waals surface area (Å²) in [7, 11) is -3.29. The molecule has 0 aliphatic heterocycles. The van der Waals surface area contributed by atoms with Gasteiger partial charge in [-0.2, -0.15) is 8.42 Å². The Morgan fingerprint density at radius 2 is 2.07 bits per heavy atom. The first-order valence-electron chi connectivity index (χ1n) is 5.53. The van der Waals surface area contributed by atoms with Crippen molar-refractivity contribution in [2.24, 2.45) is 11.7 Å². The van der Waals surface area contributed by atoms with E-state index >= 15 is 0 Å². The minimum Gasteiger partial charge on any atom is -0.328 e. The molecule has 0 saturated heterocycles. The van der Waals surface area contributed by atoms with Gasteiger partial charge in [-0.1, -0.05) is 13.3 Å². The molecule has 0 aromatic heterocycles. The largest absolute Gasteiger partial charge is 0.328 e. The molecule has 6 heteroatoms. The van der Waals surface area contributed by atoms with Gasteiger partial charge in [0.25, 0.3) is 10.2 Å². The van der Waals surface area contributed by atoms with Gasteiger partial charge in [0.05, 0.1) is 0 Å². The Bertz CT molecular complexity index is 279. The van der Waals surface area contributed by atoms with Crippen LogP contribution in [-0.4, -0.2) is 27.5 Å². The lowest BCUT2D eigenvalue weighted by Crippen LogP contribution is -2.41. The van der Waals surface area contributed by atoms with Gasteiger partial charge in [-0.15, -0.1) is 0 Å². The molecule has 0 amide bonds. The van der Waals surface area contributed by atoms with Crippen LogP contribution in [0.1, 0.15) is 32.6 Å². The Hall–Kier alpha value is -0.170. The van der Waals surface area contributed by atoms with Gasteiger partial charge in [0.1, 0.15) is 0 Å². The number of nitrogens with one attached hydrogen (secondary N) is 2. The Labute approximate surface area is 92.0 Å². The minimum absolute atomic E-state index is 0.243. The number of hydrogen-bond donors (Lipinski definition) is 3. The molecule has 1 aliphatic rings. The number of rotatable bonds is 5. The quantitative estimate of drug-likeness (QED) is 0.624. The highest BCUT2D eigenvalue weighted by Gasteiger charge is 2.20. The molecule has 0 heterocycles. The van der Waals surface area contributed by atoms with Crippen molar-refractivity contribution in [2.75, 3.05) is 13.1 Å². The van der Waals surface area contributed by atoms with Crippen molar-refractivity contribution in [3.63, 3.8) is 0 Å². The Kier molecular flexibility index (Phi) is 4.98. The molecular weight excluding hydrogens is 214 g/mol. The van der Waals surface area contributed by atoms with E-state index in [2.05, 4.69) is 9.44 Å². The first-order chi connectivity index (χ1) is 7.03. The molecule has 2 atom stereocenters. The summed E-state index contributed by atoms with van der Waals surface area (Å²) in [6.07, 6.45) is 4.17. The van der Waals surface area contributed by atoms with Crippen LogP contribution in [0.5, 0.6) is 0 Å². The van der Waals surface area contributed by atoms with E-state index in [9.17, 15) is 8.42 Å².